The summed E-state index contributed by atoms with van der Waals surface area (Å²) >= 11 is 1.41. The Morgan fingerprint density at radius 1 is 1.47 bits per heavy atom. The summed E-state index contributed by atoms with van der Waals surface area (Å²) in [6.07, 6.45) is 0. The van der Waals surface area contributed by atoms with Crippen molar-refractivity contribution in [2.75, 3.05) is 0 Å². The van der Waals surface area contributed by atoms with Crippen molar-refractivity contribution in [1.29, 1.82) is 5.26 Å². The molecule has 0 aliphatic rings. The molecule has 1 rings (SSSR count). The van der Waals surface area contributed by atoms with E-state index in [1.807, 2.05) is 32.9 Å². The molecule has 4 heteroatoms. The highest BCUT2D eigenvalue weighted by atomic mass is 32.2. The fourth-order valence-electron chi connectivity index (χ4n) is 1.44. The molecule has 1 amide bonds. The van der Waals surface area contributed by atoms with E-state index >= 15 is 0 Å². The molecule has 17 heavy (non-hydrogen) atoms. The maximum Gasteiger partial charge on any atom is 0.231 e. The number of hydrogen-bond acceptors (Lipinski definition) is 3. The number of nitrogens with zero attached hydrogens (tertiary/aromatic N) is 1. The monoisotopic (exact) mass is 248 g/mol. The van der Waals surface area contributed by atoms with E-state index in [9.17, 15) is 4.79 Å². The van der Waals surface area contributed by atoms with Crippen LogP contribution < -0.4 is 5.73 Å². The first-order valence-corrected chi connectivity index (χ1v) is 6.18. The lowest BCUT2D eigenvalue weighted by Crippen LogP contribution is -2.36. The molecular formula is C13H16N2OS. The van der Waals surface area contributed by atoms with Crippen LogP contribution in [0, 0.1) is 16.7 Å². The summed E-state index contributed by atoms with van der Waals surface area (Å²) in [4.78, 5) is 12.3. The highest BCUT2D eigenvalue weighted by Crippen LogP contribution is 2.35. The third kappa shape index (κ3) is 3.79. The number of carbonyl (C=O) groups is 1. The average molecular weight is 248 g/mol. The van der Waals surface area contributed by atoms with Gasteiger partial charge < -0.3 is 5.73 Å². The number of thioether (sulfide) groups is 1. The van der Waals surface area contributed by atoms with E-state index in [4.69, 9.17) is 11.0 Å². The average Bonchev–Trinajstić information content (AvgIpc) is 2.24. The molecule has 0 bridgehead atoms. The van der Waals surface area contributed by atoms with E-state index in [2.05, 4.69) is 6.07 Å². The van der Waals surface area contributed by atoms with Crippen molar-refractivity contribution in [1.82, 2.24) is 0 Å². The van der Waals surface area contributed by atoms with Crippen molar-refractivity contribution in [3.8, 4) is 6.07 Å². The third-order valence-corrected chi connectivity index (χ3v) is 3.96. The number of nitrogens with two attached hydrogens (primary N) is 1. The van der Waals surface area contributed by atoms with Crippen LogP contribution in [0.3, 0.4) is 0 Å². The molecule has 90 valence electrons. The first-order chi connectivity index (χ1) is 7.84. The minimum absolute atomic E-state index is 0.209. The zero-order valence-electron chi connectivity index (χ0n) is 10.2. The smallest absolute Gasteiger partial charge is 0.231 e. The number of hydrogen-bond donors (Lipinski definition) is 1. The molecule has 0 fully saturated rings. The first-order valence-electron chi connectivity index (χ1n) is 5.30. The predicted octanol–water partition coefficient (Wildman–Crippen LogP) is 2.55. The van der Waals surface area contributed by atoms with Gasteiger partial charge in [0.1, 0.15) is 0 Å². The largest absolute Gasteiger partial charge is 0.369 e. The van der Waals surface area contributed by atoms with Crippen molar-refractivity contribution < 1.29 is 4.79 Å². The van der Waals surface area contributed by atoms with Crippen LogP contribution in [0.5, 0.6) is 0 Å². The minimum atomic E-state index is -0.329. The molecule has 1 atom stereocenters. The molecule has 2 N–H and O–H groups in total. The van der Waals surface area contributed by atoms with Gasteiger partial charge in [0.2, 0.25) is 5.91 Å². The molecule has 0 spiro atoms. The molecule has 0 aliphatic heterocycles. The number of amides is 1. The second-order valence-electron chi connectivity index (χ2n) is 4.91. The number of rotatable bonds is 3. The van der Waals surface area contributed by atoms with Gasteiger partial charge in [-0.15, -0.1) is 11.8 Å². The maximum atomic E-state index is 11.4. The number of nitriles is 1. The van der Waals surface area contributed by atoms with Crippen molar-refractivity contribution >= 4 is 17.7 Å². The minimum Gasteiger partial charge on any atom is -0.369 e. The highest BCUT2D eigenvalue weighted by Gasteiger charge is 2.30. The number of carbonyl (C=O) groups excluding carboxylic acids is 1. The van der Waals surface area contributed by atoms with E-state index in [-0.39, 0.29) is 16.6 Å². The summed E-state index contributed by atoms with van der Waals surface area (Å²) in [6, 6.07) is 9.28. The summed E-state index contributed by atoms with van der Waals surface area (Å²) in [6.45, 7) is 5.93. The Balaban J connectivity index is 2.95. The molecule has 1 aromatic rings. The number of benzene rings is 1. The Labute approximate surface area is 106 Å². The summed E-state index contributed by atoms with van der Waals surface area (Å²) in [5.74, 6) is -0.329. The van der Waals surface area contributed by atoms with Crippen molar-refractivity contribution in [2.24, 2.45) is 11.1 Å². The molecule has 0 heterocycles. The molecule has 0 aliphatic carbocycles. The van der Waals surface area contributed by atoms with Crippen molar-refractivity contribution in [3.05, 3.63) is 29.8 Å². The molecular weight excluding hydrogens is 232 g/mol. The topological polar surface area (TPSA) is 66.9 Å². The van der Waals surface area contributed by atoms with E-state index in [0.717, 1.165) is 4.90 Å². The Morgan fingerprint density at radius 2 is 2.12 bits per heavy atom. The fraction of sp³-hybridized carbons (Fsp3) is 0.385. The van der Waals surface area contributed by atoms with Gasteiger partial charge in [-0.3, -0.25) is 4.79 Å². The molecule has 3 nitrogen and oxygen atoms in total. The lowest BCUT2D eigenvalue weighted by Gasteiger charge is -2.27. The summed E-state index contributed by atoms with van der Waals surface area (Å²) in [7, 11) is 0. The summed E-state index contributed by atoms with van der Waals surface area (Å²) in [5, 5.41) is 8.51. The van der Waals surface area contributed by atoms with Crippen LogP contribution in [0.4, 0.5) is 0 Å². The normalized spacial score (nSPS) is 12.8. The Kier molecular flexibility index (Phi) is 4.19. The molecule has 1 aromatic carbocycles. The lowest BCUT2D eigenvalue weighted by atomic mass is 9.91. The van der Waals surface area contributed by atoms with Crippen molar-refractivity contribution in [3.63, 3.8) is 0 Å². The zero-order valence-corrected chi connectivity index (χ0v) is 11.0. The van der Waals surface area contributed by atoms with Gasteiger partial charge in [0, 0.05) is 4.90 Å². The Hall–Kier alpha value is -1.47. The molecule has 0 saturated heterocycles. The number of primary amides is 1. The second kappa shape index (κ2) is 5.24. The van der Waals surface area contributed by atoms with Crippen LogP contribution in [-0.2, 0) is 4.79 Å². The molecule has 0 radical (unpaired) electrons. The van der Waals surface area contributed by atoms with Crippen molar-refractivity contribution in [2.45, 2.75) is 30.9 Å². The van der Waals surface area contributed by atoms with Gasteiger partial charge in [-0.1, -0.05) is 26.8 Å². The van der Waals surface area contributed by atoms with Crippen LogP contribution in [0.25, 0.3) is 0 Å². The van der Waals surface area contributed by atoms with Crippen LogP contribution in [0.1, 0.15) is 26.3 Å². The van der Waals surface area contributed by atoms with Gasteiger partial charge in [0.25, 0.3) is 0 Å². The van der Waals surface area contributed by atoms with Crippen LogP contribution in [0.15, 0.2) is 29.2 Å². The van der Waals surface area contributed by atoms with E-state index in [0.29, 0.717) is 5.56 Å². The highest BCUT2D eigenvalue weighted by molar-refractivity contribution is 8.00. The lowest BCUT2D eigenvalue weighted by molar-refractivity contribution is -0.119. The van der Waals surface area contributed by atoms with Gasteiger partial charge in [0.15, 0.2) is 0 Å². The summed E-state index contributed by atoms with van der Waals surface area (Å²) < 4.78 is 0. The second-order valence-corrected chi connectivity index (χ2v) is 6.08. The maximum absolute atomic E-state index is 11.4. The Bertz CT molecular complexity index is 457. The molecule has 0 saturated carbocycles. The molecule has 0 unspecified atom stereocenters. The van der Waals surface area contributed by atoms with E-state index in [1.165, 1.54) is 11.8 Å². The quantitative estimate of drug-likeness (QED) is 0.836. The SMILES string of the molecule is CC(C)(C)[C@@H](Sc1cccc(C#N)c1)C(N)=O. The third-order valence-electron chi connectivity index (χ3n) is 2.26. The van der Waals surface area contributed by atoms with Gasteiger partial charge >= 0.3 is 0 Å². The van der Waals surface area contributed by atoms with Gasteiger partial charge in [-0.2, -0.15) is 5.26 Å². The van der Waals surface area contributed by atoms with Crippen LogP contribution in [0.2, 0.25) is 0 Å². The van der Waals surface area contributed by atoms with Gasteiger partial charge in [-0.05, 0) is 23.6 Å². The molecule has 0 aromatic heterocycles. The standard InChI is InChI=1S/C13H16N2OS/c1-13(2,3)11(12(15)16)17-10-6-4-5-9(7-10)8-14/h4-7,11H,1-3H3,(H2,15,16)/t11-/m0/s1. The van der Waals surface area contributed by atoms with Crippen LogP contribution in [-0.4, -0.2) is 11.2 Å². The predicted molar refractivity (Wildman–Crippen MR) is 69.5 cm³/mol. The van der Waals surface area contributed by atoms with Gasteiger partial charge in [0.05, 0.1) is 16.9 Å². The van der Waals surface area contributed by atoms with E-state index < -0.39 is 0 Å². The summed E-state index contributed by atoms with van der Waals surface area (Å²) in [5.41, 5.74) is 5.80. The van der Waals surface area contributed by atoms with Gasteiger partial charge in [-0.25, -0.2) is 0 Å². The van der Waals surface area contributed by atoms with Crippen LogP contribution >= 0.6 is 11.8 Å². The first kappa shape index (κ1) is 13.6. The zero-order chi connectivity index (χ0) is 13.1. The van der Waals surface area contributed by atoms with E-state index in [1.54, 1.807) is 12.1 Å². The fourth-order valence-corrected chi connectivity index (χ4v) is 2.53. The Morgan fingerprint density at radius 3 is 2.59 bits per heavy atom.